The zero-order valence-electron chi connectivity index (χ0n) is 13.8. The van der Waals surface area contributed by atoms with Gasteiger partial charge in [0, 0.05) is 4.88 Å². The van der Waals surface area contributed by atoms with Gasteiger partial charge in [-0.3, -0.25) is 0 Å². The molecule has 0 radical (unpaired) electrons. The van der Waals surface area contributed by atoms with Gasteiger partial charge in [-0.15, -0.1) is 11.3 Å². The summed E-state index contributed by atoms with van der Waals surface area (Å²) in [7, 11) is 0. The van der Waals surface area contributed by atoms with Crippen molar-refractivity contribution in [2.24, 2.45) is 0 Å². The molecule has 1 rings (SSSR count). The molecule has 0 aliphatic carbocycles. The summed E-state index contributed by atoms with van der Waals surface area (Å²) in [6.07, 6.45) is 16.9. The van der Waals surface area contributed by atoms with E-state index in [4.69, 9.17) is 0 Å². The van der Waals surface area contributed by atoms with Crippen molar-refractivity contribution in [3.63, 3.8) is 0 Å². The molecule has 0 aliphatic rings. The minimum Gasteiger partial charge on any atom is -0.247 e. The SMILES string of the molecule is CCCCCCCCCCCCCc1sc(C)nc1C. The van der Waals surface area contributed by atoms with Crippen molar-refractivity contribution in [2.75, 3.05) is 0 Å². The van der Waals surface area contributed by atoms with Crippen molar-refractivity contribution < 1.29 is 0 Å². The Bertz CT molecular complexity index is 343. The molecule has 1 nitrogen and oxygen atoms in total. The maximum atomic E-state index is 4.50. The number of hydrogen-bond acceptors (Lipinski definition) is 2. The van der Waals surface area contributed by atoms with Crippen LogP contribution >= 0.6 is 11.3 Å². The third-order valence-electron chi connectivity index (χ3n) is 4.01. The van der Waals surface area contributed by atoms with E-state index in [0.717, 1.165) is 0 Å². The van der Waals surface area contributed by atoms with Crippen molar-refractivity contribution in [3.05, 3.63) is 15.6 Å². The summed E-state index contributed by atoms with van der Waals surface area (Å²) in [6.45, 7) is 6.55. The first-order valence-electron chi connectivity index (χ1n) is 8.67. The molecule has 2 heteroatoms. The predicted octanol–water partition coefficient (Wildman–Crippen LogP) is 6.61. The van der Waals surface area contributed by atoms with Crippen LogP contribution in [0.1, 0.15) is 93.1 Å². The Morgan fingerprint density at radius 3 is 1.70 bits per heavy atom. The number of hydrogen-bond donors (Lipinski definition) is 0. The molecule has 1 aromatic rings. The number of thiazole rings is 1. The quantitative estimate of drug-likeness (QED) is 0.395. The second-order valence-electron chi connectivity index (χ2n) is 6.03. The van der Waals surface area contributed by atoms with E-state index in [9.17, 15) is 0 Å². The molecule has 0 fully saturated rings. The number of rotatable bonds is 12. The summed E-state index contributed by atoms with van der Waals surface area (Å²) >= 11 is 1.88. The molecule has 1 aromatic heterocycles. The Balaban J connectivity index is 1.86. The Kier molecular flexibility index (Phi) is 10.00. The number of unbranched alkanes of at least 4 members (excludes halogenated alkanes) is 10. The minimum atomic E-state index is 1.22. The normalized spacial score (nSPS) is 11.2. The highest BCUT2D eigenvalue weighted by atomic mass is 32.1. The van der Waals surface area contributed by atoms with E-state index in [1.807, 2.05) is 11.3 Å². The lowest BCUT2D eigenvalue weighted by Crippen LogP contribution is -1.86. The molecule has 0 saturated heterocycles. The number of aryl methyl sites for hydroxylation is 3. The van der Waals surface area contributed by atoms with Gasteiger partial charge in [-0.25, -0.2) is 4.98 Å². The summed E-state index contributed by atoms with van der Waals surface area (Å²) in [5.41, 5.74) is 1.26. The molecule has 0 atom stereocenters. The van der Waals surface area contributed by atoms with Gasteiger partial charge < -0.3 is 0 Å². The molecule has 0 unspecified atom stereocenters. The second-order valence-corrected chi connectivity index (χ2v) is 7.31. The van der Waals surface area contributed by atoms with Gasteiger partial charge in [0.05, 0.1) is 10.7 Å². The summed E-state index contributed by atoms with van der Waals surface area (Å²) in [5, 5.41) is 1.22. The van der Waals surface area contributed by atoms with Crippen molar-refractivity contribution in [1.29, 1.82) is 0 Å². The summed E-state index contributed by atoms with van der Waals surface area (Å²) in [5.74, 6) is 0. The Labute approximate surface area is 130 Å². The molecule has 0 spiro atoms. The average Bonchev–Trinajstić information content (AvgIpc) is 2.74. The Hall–Kier alpha value is -0.370. The molecule has 0 amide bonds. The highest BCUT2D eigenvalue weighted by Crippen LogP contribution is 2.20. The third-order valence-corrected chi connectivity index (χ3v) is 5.14. The van der Waals surface area contributed by atoms with Gasteiger partial charge in [0.15, 0.2) is 0 Å². The van der Waals surface area contributed by atoms with E-state index in [-0.39, 0.29) is 0 Å². The van der Waals surface area contributed by atoms with Crippen LogP contribution in [0, 0.1) is 13.8 Å². The van der Waals surface area contributed by atoms with Gasteiger partial charge in [0.2, 0.25) is 0 Å². The lowest BCUT2D eigenvalue weighted by atomic mass is 10.0. The van der Waals surface area contributed by atoms with Gasteiger partial charge in [0.25, 0.3) is 0 Å². The van der Waals surface area contributed by atoms with Crippen molar-refractivity contribution >= 4 is 11.3 Å². The highest BCUT2D eigenvalue weighted by Gasteiger charge is 2.03. The van der Waals surface area contributed by atoms with E-state index in [0.29, 0.717) is 0 Å². The van der Waals surface area contributed by atoms with Crippen LogP contribution in [-0.2, 0) is 6.42 Å². The zero-order chi connectivity index (χ0) is 14.6. The van der Waals surface area contributed by atoms with Gasteiger partial charge >= 0.3 is 0 Å². The molecular weight excluding hydrogens is 262 g/mol. The van der Waals surface area contributed by atoms with Crippen molar-refractivity contribution in [1.82, 2.24) is 4.98 Å². The fraction of sp³-hybridized carbons (Fsp3) is 0.833. The standard InChI is InChI=1S/C18H33NS/c1-4-5-6-7-8-9-10-11-12-13-14-15-18-16(2)19-17(3)20-18/h4-15H2,1-3H3. The molecule has 116 valence electrons. The maximum Gasteiger partial charge on any atom is 0.0900 e. The first-order valence-corrected chi connectivity index (χ1v) is 9.48. The lowest BCUT2D eigenvalue weighted by molar-refractivity contribution is 0.550. The highest BCUT2D eigenvalue weighted by molar-refractivity contribution is 7.11. The summed E-state index contributed by atoms with van der Waals surface area (Å²) in [4.78, 5) is 6.01. The predicted molar refractivity (Wildman–Crippen MR) is 91.8 cm³/mol. The van der Waals surface area contributed by atoms with Crippen LogP contribution in [0.5, 0.6) is 0 Å². The second kappa shape index (κ2) is 11.3. The monoisotopic (exact) mass is 295 g/mol. The van der Waals surface area contributed by atoms with E-state index in [2.05, 4.69) is 25.8 Å². The van der Waals surface area contributed by atoms with Crippen LogP contribution in [0.25, 0.3) is 0 Å². The van der Waals surface area contributed by atoms with E-state index in [1.54, 1.807) is 0 Å². The fourth-order valence-corrected chi connectivity index (χ4v) is 3.73. The molecule has 0 aromatic carbocycles. The first kappa shape index (κ1) is 17.7. The van der Waals surface area contributed by atoms with E-state index < -0.39 is 0 Å². The van der Waals surface area contributed by atoms with Crippen molar-refractivity contribution in [2.45, 2.75) is 97.8 Å². The Morgan fingerprint density at radius 2 is 1.25 bits per heavy atom. The van der Waals surface area contributed by atoms with Gasteiger partial charge in [0.1, 0.15) is 0 Å². The summed E-state index contributed by atoms with van der Waals surface area (Å²) in [6, 6.07) is 0. The van der Waals surface area contributed by atoms with Gasteiger partial charge in [-0.2, -0.15) is 0 Å². The van der Waals surface area contributed by atoms with Crippen LogP contribution in [0.3, 0.4) is 0 Å². The molecule has 1 heterocycles. The van der Waals surface area contributed by atoms with E-state index in [1.165, 1.54) is 92.6 Å². The smallest absolute Gasteiger partial charge is 0.0900 e. The lowest BCUT2D eigenvalue weighted by Gasteiger charge is -2.02. The molecule has 0 aliphatic heterocycles. The van der Waals surface area contributed by atoms with Gasteiger partial charge in [-0.05, 0) is 26.7 Å². The van der Waals surface area contributed by atoms with Crippen LogP contribution in [-0.4, -0.2) is 4.98 Å². The fourth-order valence-electron chi connectivity index (χ4n) is 2.76. The number of nitrogens with zero attached hydrogens (tertiary/aromatic N) is 1. The van der Waals surface area contributed by atoms with Crippen LogP contribution in [0.2, 0.25) is 0 Å². The van der Waals surface area contributed by atoms with Crippen LogP contribution in [0.15, 0.2) is 0 Å². The van der Waals surface area contributed by atoms with Crippen LogP contribution < -0.4 is 0 Å². The maximum absolute atomic E-state index is 4.50. The molecule has 0 N–H and O–H groups in total. The molecular formula is C18H33NS. The first-order chi connectivity index (χ1) is 9.74. The molecule has 0 saturated carbocycles. The zero-order valence-corrected chi connectivity index (χ0v) is 14.7. The number of aromatic nitrogens is 1. The van der Waals surface area contributed by atoms with Gasteiger partial charge in [-0.1, -0.05) is 71.1 Å². The Morgan fingerprint density at radius 1 is 0.750 bits per heavy atom. The minimum absolute atomic E-state index is 1.22. The summed E-state index contributed by atoms with van der Waals surface area (Å²) < 4.78 is 0. The molecule has 20 heavy (non-hydrogen) atoms. The van der Waals surface area contributed by atoms with Crippen LogP contribution in [0.4, 0.5) is 0 Å². The topological polar surface area (TPSA) is 12.9 Å². The largest absolute Gasteiger partial charge is 0.247 e. The van der Waals surface area contributed by atoms with E-state index >= 15 is 0 Å². The molecule has 0 bridgehead atoms. The van der Waals surface area contributed by atoms with Crippen molar-refractivity contribution in [3.8, 4) is 0 Å². The third kappa shape index (κ3) is 8.04. The average molecular weight is 296 g/mol.